The number of carboxylic acid groups (broad SMARTS) is 1. The average Bonchev–Trinajstić information content (AvgIpc) is 1.53. The number of ketones is 1. The first-order valence-electron chi connectivity index (χ1n) is 28.0. The number of nitrogens with one attached hydrogen (secondary N) is 2. The van der Waals surface area contributed by atoms with Crippen LogP contribution in [0.2, 0.25) is 20.1 Å². The summed E-state index contributed by atoms with van der Waals surface area (Å²) in [4.78, 5) is 76.9. The van der Waals surface area contributed by atoms with Crippen LogP contribution in [0.1, 0.15) is 105 Å². The lowest BCUT2D eigenvalue weighted by Crippen LogP contribution is -2.61. The minimum Gasteiger partial charge on any atom is -0.481 e. The van der Waals surface area contributed by atoms with Crippen LogP contribution in [-0.2, 0) is 49.1 Å². The summed E-state index contributed by atoms with van der Waals surface area (Å²) in [5.41, 5.74) is 10.1. The van der Waals surface area contributed by atoms with Crippen LogP contribution in [0, 0.1) is 51.0 Å². The van der Waals surface area contributed by atoms with E-state index in [1.54, 1.807) is 42.5 Å². The number of rotatable bonds is 12. The first kappa shape index (κ1) is 62.6. The molecule has 0 bridgehead atoms. The van der Waals surface area contributed by atoms with E-state index in [2.05, 4.69) is 10.6 Å². The number of benzene rings is 4. The van der Waals surface area contributed by atoms with Crippen molar-refractivity contribution in [3.63, 3.8) is 0 Å². The molecule has 0 unspecified atom stereocenters. The summed E-state index contributed by atoms with van der Waals surface area (Å²) >= 11 is 24.7. The Labute approximate surface area is 505 Å². The van der Waals surface area contributed by atoms with Crippen LogP contribution in [0.5, 0.6) is 0 Å². The molecule has 24 heteroatoms. The van der Waals surface area contributed by atoms with Crippen LogP contribution in [0.3, 0.4) is 0 Å². The summed E-state index contributed by atoms with van der Waals surface area (Å²) in [6, 6.07) is 18.5. The van der Waals surface area contributed by atoms with Crippen molar-refractivity contribution in [1.82, 2.24) is 0 Å². The third-order valence-electron chi connectivity index (χ3n) is 19.8. The quantitative estimate of drug-likeness (QED) is 0.0733. The number of aliphatic carboxylic acids is 1. The van der Waals surface area contributed by atoms with Gasteiger partial charge >= 0.3 is 5.97 Å². The molecular weight excluding hydrogens is 1200 g/mol. The maximum atomic E-state index is 15.9. The highest BCUT2D eigenvalue weighted by molar-refractivity contribution is 6.32. The summed E-state index contributed by atoms with van der Waals surface area (Å²) < 4.78 is 98.3. The van der Waals surface area contributed by atoms with Gasteiger partial charge in [0.25, 0.3) is 0 Å². The molecule has 4 aliphatic heterocycles. The van der Waals surface area contributed by atoms with Crippen LogP contribution in [0.25, 0.3) is 0 Å². The fourth-order valence-electron chi connectivity index (χ4n) is 16.6. The Bertz CT molecular complexity index is 3330. The lowest BCUT2D eigenvalue weighted by molar-refractivity contribution is -0.145. The first-order chi connectivity index (χ1) is 40.3. The Morgan fingerprint density at radius 3 is 1.41 bits per heavy atom. The highest BCUT2D eigenvalue weighted by Crippen LogP contribution is 2.79. The molecule has 456 valence electrons. The second-order valence-corrected chi connectivity index (χ2v) is 26.5. The SMILES string of the molecule is NC(=O)[C@@H]1CC[C@@H](CC(=O)[C@@H]2CC3(CC(CF)(CF)C3)[C@@]3(C(=O)Nc4cc(Cl)ccc43)[C@H]2c2cccc(Cl)c2F)CO1.NC(=O)[C@@H]1CC[C@@H](N)CO1.O=C(O)[C@@H]1CC2(CC(CF)(CF)C2)[C@@]2(C(=O)Nc3cc(Cl)ccc32)[C@H]1c1cccc(Cl)c1F. The topological polar surface area (TPSA) is 243 Å². The summed E-state index contributed by atoms with van der Waals surface area (Å²) in [6.45, 7) is -3.06. The third kappa shape index (κ3) is 10.2. The number of hydrogen-bond donors (Lipinski definition) is 6. The number of halogens is 10. The van der Waals surface area contributed by atoms with Crippen LogP contribution < -0.4 is 27.8 Å². The zero-order valence-electron chi connectivity index (χ0n) is 45.8. The monoisotopic (exact) mass is 1260 g/mol. The Morgan fingerprint density at radius 2 is 1.02 bits per heavy atom. The second kappa shape index (κ2) is 23.6. The molecule has 0 radical (unpaired) electrons. The molecule has 12 rings (SSSR count). The number of amides is 4. The maximum Gasteiger partial charge on any atom is 0.307 e. The predicted molar refractivity (Wildman–Crippen MR) is 305 cm³/mol. The molecule has 4 aromatic carbocycles. The number of carboxylic acids is 1. The van der Waals surface area contributed by atoms with Crippen molar-refractivity contribution in [2.75, 3.05) is 50.5 Å². The predicted octanol–water partition coefficient (Wildman–Crippen LogP) is 11.0. The van der Waals surface area contributed by atoms with Gasteiger partial charge in [-0.05, 0) is 140 Å². The van der Waals surface area contributed by atoms with E-state index in [-0.39, 0.29) is 96.4 Å². The Hall–Kier alpha value is -5.48. The molecule has 4 heterocycles. The summed E-state index contributed by atoms with van der Waals surface area (Å²) in [5.74, 6) is -9.19. The molecule has 2 saturated heterocycles. The third-order valence-corrected chi connectivity index (χ3v) is 20.9. The molecule has 4 aromatic rings. The summed E-state index contributed by atoms with van der Waals surface area (Å²) in [6.07, 6.45) is 1.51. The van der Waals surface area contributed by atoms with Crippen LogP contribution in [0.15, 0.2) is 72.8 Å². The minimum atomic E-state index is -1.55. The van der Waals surface area contributed by atoms with Gasteiger partial charge in [0.05, 0.1) is 66.7 Å². The lowest BCUT2D eigenvalue weighted by Gasteiger charge is -2.59. The first-order valence-corrected chi connectivity index (χ1v) is 29.5. The van der Waals surface area contributed by atoms with Gasteiger partial charge in [-0.25, -0.2) is 8.78 Å². The number of nitrogens with two attached hydrogens (primary N) is 3. The van der Waals surface area contributed by atoms with Gasteiger partial charge < -0.3 is 42.4 Å². The van der Waals surface area contributed by atoms with E-state index in [1.807, 2.05) is 0 Å². The van der Waals surface area contributed by atoms with Gasteiger partial charge in [-0.1, -0.05) is 82.8 Å². The van der Waals surface area contributed by atoms with E-state index in [9.17, 15) is 51.4 Å². The molecule has 4 amide bonds. The van der Waals surface area contributed by atoms with E-state index in [4.69, 9.17) is 73.1 Å². The molecule has 85 heavy (non-hydrogen) atoms. The van der Waals surface area contributed by atoms with E-state index in [0.29, 0.717) is 58.4 Å². The molecule has 9 N–H and O–H groups in total. The standard InChI is InChI=1S/C31H31Cl2F3N2O4.C24H20Cl2F3NO3.C6H12N2O2/c32-17-5-6-20-22(9-17)38-28(41)31(20)25(18-2-1-3-21(33)26(18)36)19(10-30(31)12-29(13-30,14-34)15-35)23(39)8-16-4-7-24(27(37)40)42-11-16;25-12-4-5-15-17(6-12)30-21(33)24(15)18(13-2-1-3-16(26)19(13)29)14(20(31)32)7-23(24)8-22(9-23,10-27)11-28;7-4-1-2-5(6(8)9)10-3-4/h1-3,5-6,9,16,19,24-25H,4,7-8,10-15H2,(H2,37,40)(H,38,41);1-6,14,18H,7-11H2,(H,30,33)(H,31,32);4-5H,1-3,7H2,(H2,8,9)/t16-,19-,24-,25-,31+;14-,18+,24-;4-,5+/m011/s1. The van der Waals surface area contributed by atoms with E-state index >= 15 is 8.78 Å². The number of carbonyl (C=O) groups is 6. The van der Waals surface area contributed by atoms with Gasteiger partial charge in [-0.15, -0.1) is 0 Å². The van der Waals surface area contributed by atoms with E-state index in [0.717, 1.165) is 6.42 Å². The number of anilines is 2. The van der Waals surface area contributed by atoms with Crippen molar-refractivity contribution in [2.45, 2.75) is 112 Å². The number of fused-ring (bicyclic) bond motifs is 6. The van der Waals surface area contributed by atoms with Gasteiger partial charge in [0.1, 0.15) is 29.6 Å². The fraction of sp³-hybridized carbons (Fsp3) is 0.508. The highest BCUT2D eigenvalue weighted by atomic mass is 35.5. The molecule has 14 nitrogen and oxygen atoms in total. The number of Topliss-reactive ketones (excluding diaryl/α,β-unsaturated/α-hetero) is 1. The smallest absolute Gasteiger partial charge is 0.307 e. The molecular formula is C61H63Cl4F6N5O9. The van der Waals surface area contributed by atoms with Crippen molar-refractivity contribution in [3.05, 3.63) is 127 Å². The normalized spacial score (nSPS) is 30.2. The van der Waals surface area contributed by atoms with Crippen molar-refractivity contribution in [1.29, 1.82) is 0 Å². The largest absolute Gasteiger partial charge is 0.481 e. The number of hydrogen-bond acceptors (Lipinski definition) is 9. The van der Waals surface area contributed by atoms with Gasteiger partial charge in [0.2, 0.25) is 23.6 Å². The molecule has 4 aliphatic carbocycles. The van der Waals surface area contributed by atoms with Gasteiger partial charge in [-0.3, -0.25) is 46.3 Å². The molecule has 4 saturated carbocycles. The Kier molecular flexibility index (Phi) is 17.3. The van der Waals surface area contributed by atoms with Crippen molar-refractivity contribution in [3.8, 4) is 0 Å². The Morgan fingerprint density at radius 1 is 0.600 bits per heavy atom. The summed E-state index contributed by atoms with van der Waals surface area (Å²) in [7, 11) is 0. The molecule has 10 atom stereocenters. The number of primary amides is 2. The van der Waals surface area contributed by atoms with Crippen LogP contribution in [0.4, 0.5) is 37.7 Å². The number of carbonyl (C=O) groups excluding carboxylic acids is 5. The van der Waals surface area contributed by atoms with Crippen LogP contribution >= 0.6 is 46.4 Å². The van der Waals surface area contributed by atoms with Gasteiger partial charge in [0.15, 0.2) is 0 Å². The van der Waals surface area contributed by atoms with E-state index < -0.39 is 130 Å². The fourth-order valence-corrected chi connectivity index (χ4v) is 17.3. The van der Waals surface area contributed by atoms with Crippen LogP contribution in [-0.4, -0.2) is 98.6 Å². The minimum absolute atomic E-state index is 0.00252. The number of alkyl halides is 4. The number of ether oxygens (including phenoxy) is 2. The van der Waals surface area contributed by atoms with Crippen molar-refractivity contribution in [2.24, 2.45) is 56.6 Å². The Balaban J connectivity index is 0.000000166. The zero-order valence-corrected chi connectivity index (χ0v) is 48.8. The van der Waals surface area contributed by atoms with Crippen molar-refractivity contribution < 1.29 is 69.7 Å². The molecule has 4 spiro atoms. The summed E-state index contributed by atoms with van der Waals surface area (Å²) in [5, 5.41) is 16.2. The lowest BCUT2D eigenvalue weighted by atomic mass is 9.43. The zero-order chi connectivity index (χ0) is 61.3. The van der Waals surface area contributed by atoms with Gasteiger partial charge in [-0.2, -0.15) is 0 Å². The second-order valence-electron chi connectivity index (χ2n) is 24.8. The maximum absolute atomic E-state index is 15.9. The van der Waals surface area contributed by atoms with Crippen molar-refractivity contribution >= 4 is 93.2 Å². The van der Waals surface area contributed by atoms with Gasteiger partial charge in [0, 0.05) is 62.5 Å². The average molecular weight is 1270 g/mol. The highest BCUT2D eigenvalue weighted by Gasteiger charge is 2.79. The molecule has 8 aliphatic rings. The molecule has 6 fully saturated rings. The molecule has 0 aromatic heterocycles. The van der Waals surface area contributed by atoms with E-state index in [1.165, 1.54) is 30.3 Å².